The highest BCUT2D eigenvalue weighted by Crippen LogP contribution is 2.40. The minimum absolute atomic E-state index is 0.0640. The third-order valence-electron chi connectivity index (χ3n) is 8.60. The van der Waals surface area contributed by atoms with Gasteiger partial charge in [0.1, 0.15) is 23.0 Å². The Balaban J connectivity index is 1.76. The van der Waals surface area contributed by atoms with Crippen LogP contribution in [0.3, 0.4) is 0 Å². The average Bonchev–Trinajstić information content (AvgIpc) is 3.07. The lowest BCUT2D eigenvalue weighted by Crippen LogP contribution is -2.34. The second-order valence-electron chi connectivity index (χ2n) is 11.8. The van der Waals surface area contributed by atoms with Gasteiger partial charge in [-0.3, -0.25) is 25.0 Å². The summed E-state index contributed by atoms with van der Waals surface area (Å²) in [6.45, 7) is 3.47. The molecule has 260 valence electrons. The van der Waals surface area contributed by atoms with Crippen molar-refractivity contribution in [2.75, 3.05) is 26.3 Å². The summed E-state index contributed by atoms with van der Waals surface area (Å²) in [5.41, 5.74) is 1.81. The number of hydrogen-bond acceptors (Lipinski definition) is 10. The van der Waals surface area contributed by atoms with Crippen molar-refractivity contribution >= 4 is 23.3 Å². The minimum Gasteiger partial charge on any atom is -0.507 e. The van der Waals surface area contributed by atoms with Gasteiger partial charge >= 0.3 is 5.97 Å². The maximum atomic E-state index is 13.0. The number of nitro groups is 2. The number of aromatic hydroxyl groups is 2. The van der Waals surface area contributed by atoms with Crippen LogP contribution < -0.4 is 9.47 Å². The van der Waals surface area contributed by atoms with Crippen molar-refractivity contribution in [3.63, 3.8) is 0 Å². The van der Waals surface area contributed by atoms with Gasteiger partial charge in [0.15, 0.2) is 13.2 Å². The number of nitro benzene ring substituents is 2. The maximum absolute atomic E-state index is 13.0. The second kappa shape index (κ2) is 14.9. The van der Waals surface area contributed by atoms with E-state index in [-0.39, 0.29) is 83.7 Å². The van der Waals surface area contributed by atoms with Gasteiger partial charge in [-0.2, -0.15) is 0 Å². The van der Waals surface area contributed by atoms with Crippen molar-refractivity contribution in [3.8, 4) is 23.0 Å². The molecule has 4 aromatic carbocycles. The Labute approximate surface area is 286 Å². The first-order valence-corrected chi connectivity index (χ1v) is 15.8. The highest BCUT2D eigenvalue weighted by molar-refractivity contribution is 5.78. The molecule has 5 rings (SSSR count). The Morgan fingerprint density at radius 1 is 0.660 bits per heavy atom. The second-order valence-corrected chi connectivity index (χ2v) is 11.8. The highest BCUT2D eigenvalue weighted by Gasteiger charge is 2.26. The Hall–Kier alpha value is -6.18. The summed E-state index contributed by atoms with van der Waals surface area (Å²) in [5.74, 6) is -1.70. The molecule has 0 spiro atoms. The molecule has 0 saturated heterocycles. The molecule has 0 fully saturated rings. The molecule has 3 N–H and O–H groups in total. The summed E-state index contributed by atoms with van der Waals surface area (Å²) in [6, 6.07) is 14.8. The molecule has 1 aliphatic rings. The number of carbonyl (C=O) groups excluding carboxylic acids is 1. The van der Waals surface area contributed by atoms with Crippen molar-refractivity contribution < 1.29 is 44.2 Å². The average molecular weight is 686 g/mol. The van der Waals surface area contributed by atoms with E-state index in [1.165, 1.54) is 24.3 Å². The Morgan fingerprint density at radius 3 is 1.30 bits per heavy atom. The van der Waals surface area contributed by atoms with Gasteiger partial charge in [0, 0.05) is 85.3 Å². The van der Waals surface area contributed by atoms with Gasteiger partial charge in [-0.15, -0.1) is 0 Å². The zero-order valence-corrected chi connectivity index (χ0v) is 27.4. The fraction of sp³-hybridized carbons (Fsp3) is 0.278. The first kappa shape index (κ1) is 35.1. The molecule has 0 unspecified atom stereocenters. The maximum Gasteiger partial charge on any atom is 0.341 e. The summed E-state index contributed by atoms with van der Waals surface area (Å²) in [4.78, 5) is 49.1. The molecule has 14 nitrogen and oxygen atoms in total. The molecule has 1 aliphatic carbocycles. The van der Waals surface area contributed by atoms with E-state index in [0.717, 1.165) is 0 Å². The Bertz CT molecular complexity index is 1890. The number of phenols is 2. The molecule has 1 amide bonds. The number of nitrogens with zero attached hydrogens (tertiary/aromatic N) is 3. The SMILES string of the molecule is CCN(CC)C(=O)COc1c2cc([N+](=O)[O-])cc1Cc1cccc(c1O)Cc1cc([N+](=O)[O-])cc(c1OCC(=O)O)Cc1cccc(c1O)C2. The van der Waals surface area contributed by atoms with Crippen LogP contribution in [-0.2, 0) is 35.3 Å². The number of non-ortho nitro benzene ring substituents is 2. The fourth-order valence-corrected chi connectivity index (χ4v) is 6.19. The summed E-state index contributed by atoms with van der Waals surface area (Å²) in [7, 11) is 0. The van der Waals surface area contributed by atoms with Gasteiger partial charge in [-0.25, -0.2) is 4.79 Å². The summed E-state index contributed by atoms with van der Waals surface area (Å²) in [5, 5.41) is 56.6. The van der Waals surface area contributed by atoms with Crippen LogP contribution in [0.5, 0.6) is 23.0 Å². The minimum atomic E-state index is -1.27. The van der Waals surface area contributed by atoms with Gasteiger partial charge in [-0.05, 0) is 36.1 Å². The van der Waals surface area contributed by atoms with Crippen molar-refractivity contribution in [1.82, 2.24) is 4.90 Å². The monoisotopic (exact) mass is 685 g/mol. The summed E-state index contributed by atoms with van der Waals surface area (Å²) < 4.78 is 11.8. The van der Waals surface area contributed by atoms with Crippen molar-refractivity contribution in [1.29, 1.82) is 0 Å². The largest absolute Gasteiger partial charge is 0.507 e. The zero-order chi connectivity index (χ0) is 36.1. The van der Waals surface area contributed by atoms with Crippen LogP contribution in [0, 0.1) is 20.2 Å². The molecule has 14 heteroatoms. The fourth-order valence-electron chi connectivity index (χ4n) is 6.19. The van der Waals surface area contributed by atoms with Crippen LogP contribution in [0.2, 0.25) is 0 Å². The number of hydrogen-bond donors (Lipinski definition) is 3. The highest BCUT2D eigenvalue weighted by atomic mass is 16.6. The number of amides is 1. The number of likely N-dealkylation sites (N-methyl/N-ethyl adjacent to an activating group) is 1. The predicted molar refractivity (Wildman–Crippen MR) is 180 cm³/mol. The number of benzene rings is 4. The number of carboxylic acid groups (broad SMARTS) is 1. The van der Waals surface area contributed by atoms with E-state index < -0.39 is 22.4 Å². The van der Waals surface area contributed by atoms with Gasteiger partial charge in [0.2, 0.25) is 0 Å². The topological polar surface area (TPSA) is 203 Å². The van der Waals surface area contributed by atoms with Gasteiger partial charge < -0.3 is 29.7 Å². The quantitative estimate of drug-likeness (QED) is 0.127. The van der Waals surface area contributed by atoms with Crippen LogP contribution in [0.15, 0.2) is 60.7 Å². The lowest BCUT2D eigenvalue weighted by molar-refractivity contribution is -0.385. The normalized spacial score (nSPS) is 12.1. The number of fused-ring (bicyclic) bond motifs is 8. The van der Waals surface area contributed by atoms with E-state index in [2.05, 4.69) is 0 Å². The molecule has 0 heterocycles. The molecular formula is C36H35N3O11. The van der Waals surface area contributed by atoms with Crippen LogP contribution in [0.4, 0.5) is 11.4 Å². The third-order valence-corrected chi connectivity index (χ3v) is 8.60. The lowest BCUT2D eigenvalue weighted by Gasteiger charge is -2.22. The van der Waals surface area contributed by atoms with Gasteiger partial charge in [0.25, 0.3) is 17.3 Å². The number of carboxylic acids is 1. The molecule has 4 aromatic rings. The van der Waals surface area contributed by atoms with Gasteiger partial charge in [0.05, 0.1) is 9.85 Å². The Kier molecular flexibility index (Phi) is 10.5. The lowest BCUT2D eigenvalue weighted by atomic mass is 9.91. The number of para-hydroxylation sites is 2. The summed E-state index contributed by atoms with van der Waals surface area (Å²) in [6.07, 6.45) is -0.371. The number of aliphatic carboxylic acids is 1. The summed E-state index contributed by atoms with van der Waals surface area (Å²) >= 11 is 0. The first-order valence-electron chi connectivity index (χ1n) is 15.8. The van der Waals surface area contributed by atoms with Crippen LogP contribution in [-0.4, -0.2) is 68.2 Å². The van der Waals surface area contributed by atoms with Crippen molar-refractivity contribution in [3.05, 3.63) is 125 Å². The standard InChI is InChI=1S/C36H35N3O11/c1-3-37(4-2)31(40)19-49-35-25-11-21-7-5-9-23(33(21)43)13-27-17-30(39(47)48)18-28(36(27)50-20-32(41)42)14-24-10-6-8-22(34(24)44)12-26(35)16-29(15-25)38(45)46/h5-10,15-18,43-44H,3-4,11-14,19-20H2,1-2H3,(H,41,42). The Morgan fingerprint density at radius 2 is 1.00 bits per heavy atom. The van der Waals surface area contributed by atoms with E-state index in [1.54, 1.807) is 41.3 Å². The molecule has 0 aliphatic heterocycles. The number of carbonyl (C=O) groups is 2. The zero-order valence-electron chi connectivity index (χ0n) is 27.4. The molecule has 0 aromatic heterocycles. The number of rotatable bonds is 10. The van der Waals surface area contributed by atoms with E-state index in [1.807, 2.05) is 13.8 Å². The molecule has 8 bridgehead atoms. The van der Waals surface area contributed by atoms with Crippen LogP contribution >= 0.6 is 0 Å². The number of phenolic OH excluding ortho intramolecular Hbond substituents is 2. The van der Waals surface area contributed by atoms with E-state index in [0.29, 0.717) is 46.5 Å². The predicted octanol–water partition coefficient (Wildman–Crippen LogP) is 5.30. The smallest absolute Gasteiger partial charge is 0.341 e. The van der Waals surface area contributed by atoms with Crippen LogP contribution in [0.1, 0.15) is 58.4 Å². The van der Waals surface area contributed by atoms with Crippen molar-refractivity contribution in [2.24, 2.45) is 0 Å². The number of ether oxygens (including phenoxy) is 2. The molecule has 0 atom stereocenters. The van der Waals surface area contributed by atoms with E-state index in [9.17, 15) is 45.1 Å². The van der Waals surface area contributed by atoms with E-state index in [4.69, 9.17) is 9.47 Å². The van der Waals surface area contributed by atoms with Gasteiger partial charge in [-0.1, -0.05) is 36.4 Å². The van der Waals surface area contributed by atoms with E-state index >= 15 is 0 Å². The third kappa shape index (κ3) is 7.59. The first-order chi connectivity index (χ1) is 23.9. The molecular weight excluding hydrogens is 650 g/mol. The molecule has 0 saturated carbocycles. The molecule has 50 heavy (non-hydrogen) atoms. The van der Waals surface area contributed by atoms with Crippen molar-refractivity contribution in [2.45, 2.75) is 39.5 Å². The van der Waals surface area contributed by atoms with Crippen LogP contribution in [0.25, 0.3) is 0 Å². The molecule has 0 radical (unpaired) electrons.